The molecule has 3 amide bonds. The highest BCUT2D eigenvalue weighted by atomic mass is 16.5. The Labute approximate surface area is 267 Å². The van der Waals surface area contributed by atoms with Crippen LogP contribution in [-0.4, -0.2) is 67.7 Å². The fraction of sp³-hybridized carbons (Fsp3) is 0.250. The third-order valence-corrected chi connectivity index (χ3v) is 7.85. The zero-order valence-electron chi connectivity index (χ0n) is 26.0. The molecule has 1 aliphatic rings. The van der Waals surface area contributed by atoms with Crippen molar-refractivity contribution in [2.24, 2.45) is 0 Å². The second kappa shape index (κ2) is 14.5. The predicted molar refractivity (Wildman–Crippen MR) is 175 cm³/mol. The Kier molecular flexibility index (Phi) is 10.1. The summed E-state index contributed by atoms with van der Waals surface area (Å²) in [6.07, 6.45) is 1.22. The van der Waals surface area contributed by atoms with E-state index in [1.165, 1.54) is 6.92 Å². The molecule has 4 aromatic carbocycles. The number of nitrogens with one attached hydrogen (secondary N) is 2. The number of hydrogen-bond donors (Lipinski definition) is 3. The van der Waals surface area contributed by atoms with E-state index in [4.69, 9.17) is 14.2 Å². The summed E-state index contributed by atoms with van der Waals surface area (Å²) in [6, 6.07) is 25.2. The van der Waals surface area contributed by atoms with Gasteiger partial charge in [0.1, 0.15) is 29.1 Å². The number of carbonyl (C=O) groups excluding carboxylic acids is 3. The summed E-state index contributed by atoms with van der Waals surface area (Å²) in [5, 5.41) is 16.3. The van der Waals surface area contributed by atoms with E-state index in [0.717, 1.165) is 16.7 Å². The number of phenols is 1. The number of aromatic hydroxyl groups is 1. The van der Waals surface area contributed by atoms with Crippen LogP contribution >= 0.6 is 0 Å². The molecule has 0 bridgehead atoms. The van der Waals surface area contributed by atoms with Crippen molar-refractivity contribution in [1.82, 2.24) is 10.2 Å². The van der Waals surface area contributed by atoms with Gasteiger partial charge in [0.2, 0.25) is 11.8 Å². The first kappa shape index (κ1) is 31.9. The summed E-state index contributed by atoms with van der Waals surface area (Å²) in [6.45, 7) is 2.46. The molecule has 4 aromatic rings. The van der Waals surface area contributed by atoms with E-state index in [2.05, 4.69) is 10.6 Å². The lowest BCUT2D eigenvalue weighted by molar-refractivity contribution is -0.134. The third kappa shape index (κ3) is 7.76. The molecule has 3 N–H and O–H groups in total. The van der Waals surface area contributed by atoms with E-state index in [1.807, 2.05) is 42.5 Å². The van der Waals surface area contributed by atoms with Crippen LogP contribution in [0.3, 0.4) is 0 Å². The van der Waals surface area contributed by atoms with Crippen molar-refractivity contribution in [3.05, 3.63) is 90.5 Å². The van der Waals surface area contributed by atoms with Crippen LogP contribution in [0.4, 0.5) is 5.69 Å². The number of carbonyl (C=O) groups is 3. The monoisotopic (exact) mass is 623 g/mol. The molecule has 1 saturated heterocycles. The van der Waals surface area contributed by atoms with Gasteiger partial charge in [0.25, 0.3) is 5.91 Å². The Morgan fingerprint density at radius 1 is 0.826 bits per heavy atom. The lowest BCUT2D eigenvalue weighted by Gasteiger charge is -2.32. The number of amides is 3. The molecule has 5 rings (SSSR count). The molecule has 0 unspecified atom stereocenters. The number of anilines is 1. The zero-order valence-corrected chi connectivity index (χ0v) is 26.0. The van der Waals surface area contributed by atoms with Gasteiger partial charge in [-0.3, -0.25) is 14.4 Å². The second-order valence-electron chi connectivity index (χ2n) is 11.0. The Morgan fingerprint density at radius 3 is 2.26 bits per heavy atom. The number of rotatable bonds is 10. The molecular weight excluding hydrogens is 586 g/mol. The summed E-state index contributed by atoms with van der Waals surface area (Å²) in [5.74, 6) is 1.34. The Balaban J connectivity index is 1.20. The minimum Gasteiger partial charge on any atom is -0.507 e. The molecule has 0 aromatic heterocycles. The first-order chi connectivity index (χ1) is 22.2. The summed E-state index contributed by atoms with van der Waals surface area (Å²) in [5.41, 5.74) is 4.11. The van der Waals surface area contributed by atoms with E-state index in [1.54, 1.807) is 61.6 Å². The summed E-state index contributed by atoms with van der Waals surface area (Å²) in [4.78, 5) is 38.2. The average molecular weight is 624 g/mol. The lowest BCUT2D eigenvalue weighted by Crippen LogP contribution is -2.45. The van der Waals surface area contributed by atoms with Gasteiger partial charge in [-0.15, -0.1) is 0 Å². The van der Waals surface area contributed by atoms with Crippen molar-refractivity contribution >= 4 is 23.4 Å². The number of likely N-dealkylation sites (tertiary alicyclic amines) is 1. The molecule has 1 heterocycles. The van der Waals surface area contributed by atoms with Gasteiger partial charge in [-0.2, -0.15) is 0 Å². The summed E-state index contributed by atoms with van der Waals surface area (Å²) >= 11 is 0. The van der Waals surface area contributed by atoms with Crippen LogP contribution in [0, 0.1) is 0 Å². The Hall–Kier alpha value is -5.51. The zero-order chi connectivity index (χ0) is 32.6. The highest BCUT2D eigenvalue weighted by Crippen LogP contribution is 2.35. The molecule has 0 spiro atoms. The lowest BCUT2D eigenvalue weighted by atomic mass is 10.0. The van der Waals surface area contributed by atoms with E-state index in [0.29, 0.717) is 60.0 Å². The van der Waals surface area contributed by atoms with Crippen LogP contribution in [0.1, 0.15) is 30.1 Å². The van der Waals surface area contributed by atoms with Gasteiger partial charge in [-0.05, 0) is 65.7 Å². The minimum atomic E-state index is -0.271. The van der Waals surface area contributed by atoms with Crippen molar-refractivity contribution in [3.8, 4) is 45.3 Å². The van der Waals surface area contributed by atoms with E-state index in [9.17, 15) is 19.5 Å². The molecule has 1 fully saturated rings. The Bertz CT molecular complexity index is 1710. The largest absolute Gasteiger partial charge is 0.507 e. The van der Waals surface area contributed by atoms with Crippen molar-refractivity contribution in [1.29, 1.82) is 0 Å². The Morgan fingerprint density at radius 2 is 1.59 bits per heavy atom. The minimum absolute atomic E-state index is 0.00185. The predicted octanol–water partition coefficient (Wildman–Crippen LogP) is 5.50. The van der Waals surface area contributed by atoms with Gasteiger partial charge in [0.15, 0.2) is 0 Å². The number of benzene rings is 4. The molecule has 46 heavy (non-hydrogen) atoms. The smallest absolute Gasteiger partial charge is 0.255 e. The molecule has 0 radical (unpaired) electrons. The molecule has 0 aliphatic carbocycles. The summed E-state index contributed by atoms with van der Waals surface area (Å²) in [7, 11) is 3.20. The normalized spacial score (nSPS) is 13.1. The maximum atomic E-state index is 13.2. The van der Waals surface area contributed by atoms with E-state index >= 15 is 0 Å². The first-order valence-electron chi connectivity index (χ1n) is 15.0. The highest BCUT2D eigenvalue weighted by Gasteiger charge is 2.24. The average Bonchev–Trinajstić information content (AvgIpc) is 3.07. The number of ether oxygens (including phenoxy) is 3. The second-order valence-corrected chi connectivity index (χ2v) is 11.0. The van der Waals surface area contributed by atoms with Crippen molar-refractivity contribution in [3.63, 3.8) is 0 Å². The van der Waals surface area contributed by atoms with Crippen LogP contribution in [-0.2, 0) is 9.59 Å². The van der Waals surface area contributed by atoms with Crippen LogP contribution in [0.5, 0.6) is 23.0 Å². The maximum absolute atomic E-state index is 13.2. The number of piperidine rings is 1. The fourth-order valence-corrected chi connectivity index (χ4v) is 5.36. The number of hydrogen-bond acceptors (Lipinski definition) is 7. The van der Waals surface area contributed by atoms with Gasteiger partial charge in [-0.1, -0.05) is 24.3 Å². The molecule has 10 heteroatoms. The van der Waals surface area contributed by atoms with Gasteiger partial charge in [0.05, 0.1) is 20.8 Å². The quantitative estimate of drug-likeness (QED) is 0.213. The van der Waals surface area contributed by atoms with Crippen molar-refractivity contribution in [2.75, 3.05) is 39.2 Å². The van der Waals surface area contributed by atoms with E-state index < -0.39 is 0 Å². The maximum Gasteiger partial charge on any atom is 0.255 e. The topological polar surface area (TPSA) is 126 Å². The molecule has 1 aliphatic heterocycles. The summed E-state index contributed by atoms with van der Waals surface area (Å²) < 4.78 is 17.0. The van der Waals surface area contributed by atoms with E-state index in [-0.39, 0.29) is 36.1 Å². The SMILES string of the molecule is COc1cccc(-c2cc(C(=O)Nc3ccc(-c4ccc(OC5CCN(C(=O)CNC(C)=O)CC5)cc4O)cc3)ccc2OC)c1. The standard InChI is InChI=1S/C36H37N3O7/c1-23(40)37-22-35(42)39-17-15-28(16-18-39)46-30-12-13-31(33(41)21-30)24-7-10-27(11-8-24)38-36(43)26-9-14-34(45-3)32(20-26)25-5-4-6-29(19-25)44-2/h4-14,19-21,28,41H,15-18,22H2,1-3H3,(H,37,40)(H,38,43). The number of nitrogens with zero attached hydrogens (tertiary/aromatic N) is 1. The number of phenolic OH excluding ortho intramolecular Hbond substituents is 1. The third-order valence-electron chi connectivity index (χ3n) is 7.85. The van der Waals surface area contributed by atoms with Gasteiger partial charge in [-0.25, -0.2) is 0 Å². The first-order valence-corrected chi connectivity index (χ1v) is 15.0. The highest BCUT2D eigenvalue weighted by molar-refractivity contribution is 6.05. The molecular formula is C36H37N3O7. The van der Waals surface area contributed by atoms with Crippen LogP contribution in [0.2, 0.25) is 0 Å². The molecule has 238 valence electrons. The van der Waals surface area contributed by atoms with Gasteiger partial charge < -0.3 is 34.9 Å². The van der Waals surface area contributed by atoms with Crippen molar-refractivity contribution < 1.29 is 33.7 Å². The van der Waals surface area contributed by atoms with Gasteiger partial charge >= 0.3 is 0 Å². The van der Waals surface area contributed by atoms with Crippen LogP contribution in [0.15, 0.2) is 84.9 Å². The fourth-order valence-electron chi connectivity index (χ4n) is 5.36. The van der Waals surface area contributed by atoms with Crippen LogP contribution in [0.25, 0.3) is 22.3 Å². The van der Waals surface area contributed by atoms with Gasteiger partial charge in [0, 0.05) is 61.3 Å². The number of methoxy groups -OCH3 is 2. The van der Waals surface area contributed by atoms with Crippen molar-refractivity contribution in [2.45, 2.75) is 25.9 Å². The van der Waals surface area contributed by atoms with Crippen LogP contribution < -0.4 is 24.8 Å². The molecule has 10 nitrogen and oxygen atoms in total. The molecule has 0 atom stereocenters. The molecule has 0 saturated carbocycles.